The summed E-state index contributed by atoms with van der Waals surface area (Å²) in [5, 5.41) is 1.24. The highest BCUT2D eigenvalue weighted by Crippen LogP contribution is 2.34. The van der Waals surface area contributed by atoms with Gasteiger partial charge in [-0.3, -0.25) is 4.99 Å². The van der Waals surface area contributed by atoms with Crippen LogP contribution in [0.2, 0.25) is 0 Å². The van der Waals surface area contributed by atoms with E-state index in [1.165, 1.54) is 30.2 Å². The van der Waals surface area contributed by atoms with Crippen LogP contribution in [0.1, 0.15) is 70.9 Å². The minimum atomic E-state index is 0.542. The lowest BCUT2D eigenvalue weighted by Gasteiger charge is -2.15. The van der Waals surface area contributed by atoms with Gasteiger partial charge >= 0.3 is 0 Å². The second-order valence-electron chi connectivity index (χ2n) is 7.28. The number of fused-ring (bicyclic) bond motifs is 1. The van der Waals surface area contributed by atoms with Crippen LogP contribution in [0, 0.1) is 12.8 Å². The zero-order valence-electron chi connectivity index (χ0n) is 16.5. The molecule has 2 N–H and O–H groups in total. The van der Waals surface area contributed by atoms with Gasteiger partial charge in [-0.15, -0.1) is 0 Å². The summed E-state index contributed by atoms with van der Waals surface area (Å²) in [7, 11) is 0. The average molecular weight is 340 g/mol. The number of aromatic nitrogens is 1. The molecule has 2 aromatic rings. The van der Waals surface area contributed by atoms with Gasteiger partial charge in [-0.25, -0.2) is 4.98 Å². The monoisotopic (exact) mass is 339 g/mol. The molecule has 0 aliphatic heterocycles. The number of unbranched alkanes of at least 4 members (excludes halogenated alkanes) is 1. The molecule has 2 rings (SSSR count). The third-order valence-electron chi connectivity index (χ3n) is 5.14. The van der Waals surface area contributed by atoms with Gasteiger partial charge < -0.3 is 5.73 Å². The van der Waals surface area contributed by atoms with Crippen molar-refractivity contribution in [3.05, 3.63) is 29.3 Å². The lowest BCUT2D eigenvalue weighted by atomic mass is 9.94. The van der Waals surface area contributed by atoms with E-state index in [9.17, 15) is 0 Å². The Hall–Kier alpha value is -1.90. The standard InChI is InChI=1S/C22H33N3/c1-6-8-10-16(4)24-21-17(5)20-18(14-13-15(3)7-2)11-9-12-19(20)25-22(21)23/h9,11-12,15H,6-8,10,13-14H2,1-5H3,(H2,23,25)/b24-16+. The Labute approximate surface area is 152 Å². The molecule has 0 amide bonds. The van der Waals surface area contributed by atoms with Crippen LogP contribution in [0.3, 0.4) is 0 Å². The average Bonchev–Trinajstić information content (AvgIpc) is 2.60. The van der Waals surface area contributed by atoms with Gasteiger partial charge in [-0.2, -0.15) is 0 Å². The number of rotatable bonds is 8. The van der Waals surface area contributed by atoms with Gasteiger partial charge in [-0.05, 0) is 62.6 Å². The van der Waals surface area contributed by atoms with Crippen LogP contribution in [0.4, 0.5) is 11.5 Å². The highest BCUT2D eigenvalue weighted by atomic mass is 14.9. The molecule has 0 aliphatic carbocycles. The minimum absolute atomic E-state index is 0.542. The minimum Gasteiger partial charge on any atom is -0.382 e. The first-order valence-electron chi connectivity index (χ1n) is 9.69. The Morgan fingerprint density at radius 2 is 2.04 bits per heavy atom. The maximum Gasteiger partial charge on any atom is 0.150 e. The number of nitrogens with zero attached hydrogens (tertiary/aromatic N) is 2. The van der Waals surface area contributed by atoms with Crippen LogP contribution in [-0.2, 0) is 6.42 Å². The van der Waals surface area contributed by atoms with Gasteiger partial charge in [0, 0.05) is 11.1 Å². The summed E-state index contributed by atoms with van der Waals surface area (Å²) in [6, 6.07) is 6.38. The Balaban J connectivity index is 2.47. The summed E-state index contributed by atoms with van der Waals surface area (Å²) in [5.41, 5.74) is 11.8. The molecule has 0 radical (unpaired) electrons. The normalized spacial score (nSPS) is 13.4. The number of hydrogen-bond acceptors (Lipinski definition) is 3. The summed E-state index contributed by atoms with van der Waals surface area (Å²) in [5.74, 6) is 1.28. The van der Waals surface area contributed by atoms with E-state index in [1.54, 1.807) is 0 Å². The lowest BCUT2D eigenvalue weighted by molar-refractivity contribution is 0.517. The first-order chi connectivity index (χ1) is 12.0. The molecule has 0 aliphatic rings. The Morgan fingerprint density at radius 1 is 1.28 bits per heavy atom. The summed E-state index contributed by atoms with van der Waals surface area (Å²) >= 11 is 0. The number of nitrogens with two attached hydrogens (primary N) is 1. The molecule has 136 valence electrons. The predicted molar refractivity (Wildman–Crippen MR) is 111 cm³/mol. The third kappa shape index (κ3) is 4.81. The zero-order chi connectivity index (χ0) is 18.4. The van der Waals surface area contributed by atoms with Gasteiger partial charge in [0.05, 0.1) is 5.52 Å². The van der Waals surface area contributed by atoms with Gasteiger partial charge in [0.2, 0.25) is 0 Å². The first-order valence-corrected chi connectivity index (χ1v) is 9.69. The molecule has 0 spiro atoms. The SMILES string of the molecule is CCCC/C(C)=N/c1c(N)nc2cccc(CCC(C)CC)c2c1C. The Morgan fingerprint density at radius 3 is 2.72 bits per heavy atom. The number of benzene rings is 1. The van der Waals surface area contributed by atoms with Crippen LogP contribution >= 0.6 is 0 Å². The van der Waals surface area contributed by atoms with E-state index in [0.717, 1.165) is 47.7 Å². The summed E-state index contributed by atoms with van der Waals surface area (Å²) in [6.45, 7) is 11.0. The zero-order valence-corrected chi connectivity index (χ0v) is 16.5. The third-order valence-corrected chi connectivity index (χ3v) is 5.14. The number of anilines is 1. The smallest absolute Gasteiger partial charge is 0.150 e. The largest absolute Gasteiger partial charge is 0.382 e. The van der Waals surface area contributed by atoms with Gasteiger partial charge in [-0.1, -0.05) is 45.7 Å². The fourth-order valence-corrected chi connectivity index (χ4v) is 3.24. The molecule has 0 saturated carbocycles. The molecule has 1 atom stereocenters. The van der Waals surface area contributed by atoms with Crippen molar-refractivity contribution in [2.45, 2.75) is 73.1 Å². The topological polar surface area (TPSA) is 51.3 Å². The lowest BCUT2D eigenvalue weighted by Crippen LogP contribution is -2.01. The van der Waals surface area contributed by atoms with E-state index in [2.05, 4.69) is 57.8 Å². The highest BCUT2D eigenvalue weighted by Gasteiger charge is 2.13. The van der Waals surface area contributed by atoms with Gasteiger partial charge in [0.15, 0.2) is 0 Å². The van der Waals surface area contributed by atoms with Crippen LogP contribution in [0.25, 0.3) is 10.9 Å². The van der Waals surface area contributed by atoms with E-state index < -0.39 is 0 Å². The van der Waals surface area contributed by atoms with Crippen molar-refractivity contribution in [3.8, 4) is 0 Å². The molecule has 0 saturated heterocycles. The molecule has 1 unspecified atom stereocenters. The number of aliphatic imine (C=N–C) groups is 1. The quantitative estimate of drug-likeness (QED) is 0.567. The van der Waals surface area contributed by atoms with E-state index >= 15 is 0 Å². The van der Waals surface area contributed by atoms with Crippen LogP contribution < -0.4 is 5.73 Å². The van der Waals surface area contributed by atoms with Crippen molar-refractivity contribution < 1.29 is 0 Å². The number of nitrogen functional groups attached to an aromatic ring is 1. The Bertz CT molecular complexity index is 747. The van der Waals surface area contributed by atoms with Crippen molar-refractivity contribution in [2.24, 2.45) is 10.9 Å². The molecule has 1 aromatic carbocycles. The maximum atomic E-state index is 6.24. The summed E-state index contributed by atoms with van der Waals surface area (Å²) in [4.78, 5) is 9.48. The molecule has 3 nitrogen and oxygen atoms in total. The van der Waals surface area contributed by atoms with E-state index in [1.807, 2.05) is 0 Å². The fourth-order valence-electron chi connectivity index (χ4n) is 3.24. The molecule has 1 heterocycles. The van der Waals surface area contributed by atoms with Crippen LogP contribution in [-0.4, -0.2) is 10.7 Å². The van der Waals surface area contributed by atoms with E-state index in [-0.39, 0.29) is 0 Å². The van der Waals surface area contributed by atoms with Crippen LogP contribution in [0.5, 0.6) is 0 Å². The fraction of sp³-hybridized carbons (Fsp3) is 0.545. The second-order valence-corrected chi connectivity index (χ2v) is 7.28. The summed E-state index contributed by atoms with van der Waals surface area (Å²) < 4.78 is 0. The number of hydrogen-bond donors (Lipinski definition) is 1. The highest BCUT2D eigenvalue weighted by molar-refractivity contribution is 5.95. The number of aryl methyl sites for hydroxylation is 2. The molecule has 0 fully saturated rings. The molecular weight excluding hydrogens is 306 g/mol. The van der Waals surface area contributed by atoms with Crippen molar-refractivity contribution in [2.75, 3.05) is 5.73 Å². The maximum absolute atomic E-state index is 6.24. The molecule has 1 aromatic heterocycles. The molecule has 0 bridgehead atoms. The predicted octanol–water partition coefficient (Wildman–Crippen LogP) is 6.39. The second kappa shape index (κ2) is 8.98. The van der Waals surface area contributed by atoms with Gasteiger partial charge in [0.25, 0.3) is 0 Å². The van der Waals surface area contributed by atoms with Crippen molar-refractivity contribution in [3.63, 3.8) is 0 Å². The molecular formula is C22H33N3. The Kier molecular flexibility index (Phi) is 6.98. The van der Waals surface area contributed by atoms with Crippen molar-refractivity contribution in [1.82, 2.24) is 4.98 Å². The molecule has 3 heteroatoms. The van der Waals surface area contributed by atoms with E-state index in [0.29, 0.717) is 5.82 Å². The van der Waals surface area contributed by atoms with Crippen molar-refractivity contribution >= 4 is 28.1 Å². The van der Waals surface area contributed by atoms with E-state index in [4.69, 9.17) is 10.7 Å². The number of pyridine rings is 1. The van der Waals surface area contributed by atoms with Crippen molar-refractivity contribution in [1.29, 1.82) is 0 Å². The van der Waals surface area contributed by atoms with Crippen LogP contribution in [0.15, 0.2) is 23.2 Å². The van der Waals surface area contributed by atoms with Gasteiger partial charge in [0.1, 0.15) is 11.5 Å². The molecule has 25 heavy (non-hydrogen) atoms. The first kappa shape index (κ1) is 19.4. The summed E-state index contributed by atoms with van der Waals surface area (Å²) in [6.07, 6.45) is 6.86.